The maximum absolute atomic E-state index is 11.7. The average molecular weight is 258 g/mol. The molecule has 5 nitrogen and oxygen atoms in total. The first-order valence-electron chi connectivity index (χ1n) is 6.82. The van der Waals surface area contributed by atoms with Crippen LogP contribution >= 0.6 is 0 Å². The van der Waals surface area contributed by atoms with Crippen molar-refractivity contribution in [3.8, 4) is 0 Å². The lowest BCUT2D eigenvalue weighted by molar-refractivity contribution is 0.111. The van der Waals surface area contributed by atoms with Crippen LogP contribution in [0.4, 0.5) is 4.79 Å². The van der Waals surface area contributed by atoms with Gasteiger partial charge >= 0.3 is 6.03 Å². The molecule has 1 aliphatic rings. The Balaban J connectivity index is 2.13. The minimum absolute atomic E-state index is 0.0181. The van der Waals surface area contributed by atoms with Crippen molar-refractivity contribution in [2.45, 2.75) is 45.1 Å². The van der Waals surface area contributed by atoms with Crippen LogP contribution in [0.1, 0.15) is 39.5 Å². The molecule has 1 fully saturated rings. The van der Waals surface area contributed by atoms with E-state index in [9.17, 15) is 9.90 Å². The maximum atomic E-state index is 11.7. The number of carbonyl (C=O) groups is 1. The summed E-state index contributed by atoms with van der Waals surface area (Å²) in [5.41, 5.74) is -0.400. The lowest BCUT2D eigenvalue weighted by Gasteiger charge is -2.27. The van der Waals surface area contributed by atoms with E-state index in [1.165, 1.54) is 0 Å². The number of amides is 2. The Morgan fingerprint density at radius 2 is 2.06 bits per heavy atom. The van der Waals surface area contributed by atoms with Crippen LogP contribution in [0.3, 0.4) is 0 Å². The molecule has 1 saturated carbocycles. The largest absolute Gasteiger partial charge is 0.394 e. The van der Waals surface area contributed by atoms with E-state index in [2.05, 4.69) is 24.5 Å². The molecule has 0 unspecified atom stereocenters. The van der Waals surface area contributed by atoms with E-state index in [1.807, 2.05) is 0 Å². The molecule has 3 N–H and O–H groups in total. The molecule has 0 bridgehead atoms. The molecule has 0 aliphatic heterocycles. The third-order valence-corrected chi connectivity index (χ3v) is 3.23. The summed E-state index contributed by atoms with van der Waals surface area (Å²) in [6.45, 7) is 5.93. The Bertz CT molecular complexity index is 251. The fraction of sp³-hybridized carbons (Fsp3) is 0.923. The number of carbonyl (C=O) groups excluding carboxylic acids is 1. The zero-order valence-electron chi connectivity index (χ0n) is 11.5. The molecule has 0 aromatic heterocycles. The van der Waals surface area contributed by atoms with Gasteiger partial charge in [0.2, 0.25) is 0 Å². The summed E-state index contributed by atoms with van der Waals surface area (Å²) < 4.78 is 5.38. The van der Waals surface area contributed by atoms with Crippen LogP contribution in [0, 0.1) is 5.92 Å². The minimum atomic E-state index is -0.400. The Hall–Kier alpha value is -0.810. The van der Waals surface area contributed by atoms with E-state index in [0.717, 1.165) is 25.7 Å². The summed E-state index contributed by atoms with van der Waals surface area (Å²) in [5.74, 6) is 0.509. The molecule has 2 amide bonds. The molecular formula is C13H26N2O3. The lowest BCUT2D eigenvalue weighted by Crippen LogP contribution is -2.53. The van der Waals surface area contributed by atoms with Crippen LogP contribution < -0.4 is 10.6 Å². The van der Waals surface area contributed by atoms with Gasteiger partial charge in [-0.3, -0.25) is 0 Å². The van der Waals surface area contributed by atoms with Gasteiger partial charge in [-0.05, 0) is 18.8 Å². The van der Waals surface area contributed by atoms with Crippen molar-refractivity contribution in [3.63, 3.8) is 0 Å². The van der Waals surface area contributed by atoms with Gasteiger partial charge in [0, 0.05) is 13.2 Å². The second-order valence-corrected chi connectivity index (χ2v) is 5.50. The van der Waals surface area contributed by atoms with Gasteiger partial charge in [0.15, 0.2) is 0 Å². The molecule has 1 aliphatic carbocycles. The molecule has 106 valence electrons. The highest BCUT2D eigenvalue weighted by Crippen LogP contribution is 2.28. The van der Waals surface area contributed by atoms with Crippen LogP contribution in [0.5, 0.6) is 0 Å². The van der Waals surface area contributed by atoms with Gasteiger partial charge in [-0.25, -0.2) is 4.79 Å². The molecule has 0 aromatic rings. The second kappa shape index (κ2) is 7.59. The number of hydrogen-bond donors (Lipinski definition) is 3. The first-order valence-corrected chi connectivity index (χ1v) is 6.82. The molecule has 0 aromatic carbocycles. The van der Waals surface area contributed by atoms with Gasteiger partial charge in [0.1, 0.15) is 0 Å². The van der Waals surface area contributed by atoms with E-state index < -0.39 is 5.54 Å². The van der Waals surface area contributed by atoms with Crippen molar-refractivity contribution < 1.29 is 14.6 Å². The zero-order valence-corrected chi connectivity index (χ0v) is 11.5. The molecule has 18 heavy (non-hydrogen) atoms. The molecule has 0 atom stereocenters. The summed E-state index contributed by atoms with van der Waals surface area (Å²) >= 11 is 0. The normalized spacial score (nSPS) is 18.0. The smallest absolute Gasteiger partial charge is 0.315 e. The fourth-order valence-electron chi connectivity index (χ4n) is 2.22. The number of rotatable bonds is 7. The predicted octanol–water partition coefficient (Wildman–Crippen LogP) is 1.26. The van der Waals surface area contributed by atoms with Crippen molar-refractivity contribution >= 4 is 6.03 Å². The van der Waals surface area contributed by atoms with Gasteiger partial charge in [0.25, 0.3) is 0 Å². The van der Waals surface area contributed by atoms with E-state index in [0.29, 0.717) is 25.7 Å². The van der Waals surface area contributed by atoms with Crippen molar-refractivity contribution in [2.24, 2.45) is 5.92 Å². The Labute approximate surface area is 109 Å². The monoisotopic (exact) mass is 258 g/mol. The first kappa shape index (κ1) is 15.2. The van der Waals surface area contributed by atoms with Crippen molar-refractivity contribution in [1.29, 1.82) is 0 Å². The second-order valence-electron chi connectivity index (χ2n) is 5.50. The molecular weight excluding hydrogens is 232 g/mol. The lowest BCUT2D eigenvalue weighted by atomic mass is 9.99. The fourth-order valence-corrected chi connectivity index (χ4v) is 2.22. The average Bonchev–Trinajstić information content (AvgIpc) is 2.77. The van der Waals surface area contributed by atoms with Crippen LogP contribution in [-0.4, -0.2) is 43.0 Å². The molecule has 1 rings (SSSR count). The van der Waals surface area contributed by atoms with Crippen LogP contribution in [-0.2, 0) is 4.74 Å². The summed E-state index contributed by atoms with van der Waals surface area (Å²) in [7, 11) is 0. The van der Waals surface area contributed by atoms with E-state index in [4.69, 9.17) is 4.74 Å². The number of nitrogens with one attached hydrogen (secondary N) is 2. The third-order valence-electron chi connectivity index (χ3n) is 3.23. The Kier molecular flexibility index (Phi) is 6.43. The quantitative estimate of drug-likeness (QED) is 0.602. The molecule has 0 saturated heterocycles. The predicted molar refractivity (Wildman–Crippen MR) is 70.5 cm³/mol. The van der Waals surface area contributed by atoms with Gasteiger partial charge in [0.05, 0.1) is 18.8 Å². The Morgan fingerprint density at radius 1 is 1.39 bits per heavy atom. The molecule has 0 heterocycles. The summed E-state index contributed by atoms with van der Waals surface area (Å²) in [6, 6.07) is -0.209. The van der Waals surface area contributed by atoms with Gasteiger partial charge in [-0.2, -0.15) is 0 Å². The highest BCUT2D eigenvalue weighted by Gasteiger charge is 2.34. The van der Waals surface area contributed by atoms with E-state index >= 15 is 0 Å². The number of aliphatic hydroxyl groups is 1. The molecule has 0 radical (unpaired) electrons. The number of aliphatic hydroxyl groups excluding tert-OH is 1. The van der Waals surface area contributed by atoms with Gasteiger partial charge in [-0.15, -0.1) is 0 Å². The minimum Gasteiger partial charge on any atom is -0.394 e. The van der Waals surface area contributed by atoms with Crippen LogP contribution in [0.2, 0.25) is 0 Å². The van der Waals surface area contributed by atoms with Gasteiger partial charge in [-0.1, -0.05) is 26.7 Å². The topological polar surface area (TPSA) is 70.6 Å². The van der Waals surface area contributed by atoms with E-state index in [-0.39, 0.29) is 12.6 Å². The Morgan fingerprint density at radius 3 is 2.61 bits per heavy atom. The highest BCUT2D eigenvalue weighted by atomic mass is 16.5. The summed E-state index contributed by atoms with van der Waals surface area (Å²) in [6.07, 6.45) is 3.86. The van der Waals surface area contributed by atoms with Crippen LogP contribution in [0.25, 0.3) is 0 Å². The first-order chi connectivity index (χ1) is 8.58. The number of hydrogen-bond acceptors (Lipinski definition) is 3. The molecule has 5 heteroatoms. The summed E-state index contributed by atoms with van der Waals surface area (Å²) in [5, 5.41) is 15.0. The number of ether oxygens (including phenoxy) is 1. The highest BCUT2D eigenvalue weighted by molar-refractivity contribution is 5.74. The SMILES string of the molecule is CC(C)COCCNC(=O)NC1(CO)CCCC1. The summed E-state index contributed by atoms with van der Waals surface area (Å²) in [4.78, 5) is 11.7. The van der Waals surface area contributed by atoms with E-state index in [1.54, 1.807) is 0 Å². The molecule has 0 spiro atoms. The third kappa shape index (κ3) is 5.23. The van der Waals surface area contributed by atoms with Crippen molar-refractivity contribution in [3.05, 3.63) is 0 Å². The van der Waals surface area contributed by atoms with Crippen molar-refractivity contribution in [1.82, 2.24) is 10.6 Å². The number of urea groups is 1. The maximum Gasteiger partial charge on any atom is 0.315 e. The zero-order chi connectivity index (χ0) is 13.4. The van der Waals surface area contributed by atoms with Crippen LogP contribution in [0.15, 0.2) is 0 Å². The van der Waals surface area contributed by atoms with Crippen molar-refractivity contribution in [2.75, 3.05) is 26.4 Å². The van der Waals surface area contributed by atoms with Gasteiger partial charge < -0.3 is 20.5 Å². The standard InChI is InChI=1S/C13H26N2O3/c1-11(2)9-18-8-7-14-12(17)15-13(10-16)5-3-4-6-13/h11,16H,3-10H2,1-2H3,(H2,14,15,17).